The number of halogens is 1. The standard InChI is InChI=1S/C23H28FN3O6S/c1-4-25-23(29)16(3)26(13-17-8-6-7-9-19(17)24)22(28)14-27(34(30,31)5-2)18-10-11-20-21(12-18)33-15-32-20/h6-12,16H,4-5,13-15H2,1-3H3,(H,25,29)/t16-/m1/s1. The highest BCUT2D eigenvalue weighted by Gasteiger charge is 2.32. The number of anilines is 1. The zero-order valence-electron chi connectivity index (χ0n) is 19.3. The maximum absolute atomic E-state index is 14.4. The molecule has 2 amide bonds. The molecule has 1 atom stereocenters. The van der Waals surface area contributed by atoms with E-state index >= 15 is 0 Å². The van der Waals surface area contributed by atoms with Crippen molar-refractivity contribution in [1.82, 2.24) is 10.2 Å². The quantitative estimate of drug-likeness (QED) is 0.544. The largest absolute Gasteiger partial charge is 0.454 e. The van der Waals surface area contributed by atoms with Crippen molar-refractivity contribution in [1.29, 1.82) is 0 Å². The van der Waals surface area contributed by atoms with Crippen LogP contribution < -0.4 is 19.1 Å². The molecule has 0 fully saturated rings. The summed E-state index contributed by atoms with van der Waals surface area (Å²) in [5.74, 6) is -1.04. The number of fused-ring (bicyclic) bond motifs is 1. The number of benzene rings is 2. The van der Waals surface area contributed by atoms with E-state index in [2.05, 4.69) is 5.32 Å². The van der Waals surface area contributed by atoms with Crippen LogP contribution in [0, 0.1) is 5.82 Å². The molecule has 1 heterocycles. The lowest BCUT2D eigenvalue weighted by Gasteiger charge is -2.31. The molecule has 0 aliphatic carbocycles. The van der Waals surface area contributed by atoms with Gasteiger partial charge in [0.1, 0.15) is 18.4 Å². The summed E-state index contributed by atoms with van der Waals surface area (Å²) in [6.07, 6.45) is 0. The minimum absolute atomic E-state index is 0.0126. The molecule has 1 aliphatic heterocycles. The van der Waals surface area contributed by atoms with Gasteiger partial charge in [0.15, 0.2) is 11.5 Å². The SMILES string of the molecule is CCNC(=O)[C@@H](C)N(Cc1ccccc1F)C(=O)CN(c1ccc2c(c1)OCO2)S(=O)(=O)CC. The van der Waals surface area contributed by atoms with Crippen molar-refractivity contribution in [3.05, 3.63) is 53.8 Å². The van der Waals surface area contributed by atoms with Gasteiger partial charge in [0, 0.05) is 24.7 Å². The van der Waals surface area contributed by atoms with E-state index < -0.39 is 40.2 Å². The zero-order chi connectivity index (χ0) is 24.9. The number of rotatable bonds is 10. The van der Waals surface area contributed by atoms with Crippen molar-refractivity contribution in [2.45, 2.75) is 33.4 Å². The number of carbonyl (C=O) groups is 2. The van der Waals surface area contributed by atoms with E-state index in [0.29, 0.717) is 18.0 Å². The monoisotopic (exact) mass is 493 g/mol. The Kier molecular flexibility index (Phi) is 7.98. The van der Waals surface area contributed by atoms with Crippen molar-refractivity contribution >= 4 is 27.5 Å². The molecule has 34 heavy (non-hydrogen) atoms. The van der Waals surface area contributed by atoms with Crippen LogP contribution in [0.1, 0.15) is 26.3 Å². The molecule has 1 aliphatic rings. The van der Waals surface area contributed by atoms with E-state index in [9.17, 15) is 22.4 Å². The molecule has 0 bridgehead atoms. The first-order valence-electron chi connectivity index (χ1n) is 10.9. The first kappa shape index (κ1) is 25.3. The second-order valence-electron chi connectivity index (χ2n) is 7.63. The van der Waals surface area contributed by atoms with Gasteiger partial charge < -0.3 is 19.7 Å². The van der Waals surface area contributed by atoms with Crippen LogP contribution in [0.2, 0.25) is 0 Å². The van der Waals surface area contributed by atoms with Gasteiger partial charge in [-0.25, -0.2) is 12.8 Å². The van der Waals surface area contributed by atoms with Crippen LogP contribution in [0.4, 0.5) is 10.1 Å². The Bertz CT molecular complexity index is 1160. The molecule has 0 saturated carbocycles. The summed E-state index contributed by atoms with van der Waals surface area (Å²) in [5.41, 5.74) is 0.427. The molecule has 2 aromatic rings. The summed E-state index contributed by atoms with van der Waals surface area (Å²) in [6.45, 7) is 4.30. The molecule has 0 spiro atoms. The third-order valence-electron chi connectivity index (χ3n) is 5.44. The Balaban J connectivity index is 1.95. The van der Waals surface area contributed by atoms with Gasteiger partial charge in [0.2, 0.25) is 28.6 Å². The normalized spacial score (nSPS) is 13.3. The number of sulfonamides is 1. The van der Waals surface area contributed by atoms with Gasteiger partial charge in [-0.3, -0.25) is 13.9 Å². The average Bonchev–Trinajstić information content (AvgIpc) is 3.29. The van der Waals surface area contributed by atoms with Crippen molar-refractivity contribution in [2.24, 2.45) is 0 Å². The molecule has 2 aromatic carbocycles. The van der Waals surface area contributed by atoms with Gasteiger partial charge in [-0.15, -0.1) is 0 Å². The number of likely N-dealkylation sites (N-methyl/N-ethyl adjacent to an activating group) is 1. The maximum atomic E-state index is 14.4. The third-order valence-corrected chi connectivity index (χ3v) is 7.18. The van der Waals surface area contributed by atoms with Gasteiger partial charge in [-0.2, -0.15) is 0 Å². The molecule has 0 aromatic heterocycles. The van der Waals surface area contributed by atoms with Crippen LogP contribution in [0.3, 0.4) is 0 Å². The lowest BCUT2D eigenvalue weighted by atomic mass is 10.1. The van der Waals surface area contributed by atoms with E-state index in [1.807, 2.05) is 0 Å². The molecule has 184 valence electrons. The minimum Gasteiger partial charge on any atom is -0.454 e. The van der Waals surface area contributed by atoms with Crippen LogP contribution in [-0.2, 0) is 26.2 Å². The summed E-state index contributed by atoms with van der Waals surface area (Å²) in [4.78, 5) is 27.2. The minimum atomic E-state index is -3.88. The predicted molar refractivity (Wildman–Crippen MR) is 124 cm³/mol. The van der Waals surface area contributed by atoms with Crippen LogP contribution in [0.5, 0.6) is 11.5 Å². The highest BCUT2D eigenvalue weighted by atomic mass is 32.2. The Morgan fingerprint density at radius 3 is 2.50 bits per heavy atom. The molecule has 0 radical (unpaired) electrons. The van der Waals surface area contributed by atoms with E-state index in [1.165, 1.54) is 49.1 Å². The van der Waals surface area contributed by atoms with Crippen LogP contribution in [0.15, 0.2) is 42.5 Å². The fourth-order valence-corrected chi connectivity index (χ4v) is 4.53. The van der Waals surface area contributed by atoms with Crippen molar-refractivity contribution in [3.8, 4) is 11.5 Å². The van der Waals surface area contributed by atoms with Gasteiger partial charge in [-0.1, -0.05) is 18.2 Å². The molecule has 0 unspecified atom stereocenters. The van der Waals surface area contributed by atoms with Crippen molar-refractivity contribution in [3.63, 3.8) is 0 Å². The Labute approximate surface area is 198 Å². The first-order chi connectivity index (χ1) is 16.2. The Morgan fingerprint density at radius 2 is 1.82 bits per heavy atom. The van der Waals surface area contributed by atoms with Crippen LogP contribution >= 0.6 is 0 Å². The number of hydrogen-bond acceptors (Lipinski definition) is 6. The fraction of sp³-hybridized carbons (Fsp3) is 0.391. The van der Waals surface area contributed by atoms with E-state index in [1.54, 1.807) is 19.1 Å². The number of nitrogens with zero attached hydrogens (tertiary/aromatic N) is 2. The van der Waals surface area contributed by atoms with E-state index in [4.69, 9.17) is 9.47 Å². The number of nitrogens with one attached hydrogen (secondary N) is 1. The van der Waals surface area contributed by atoms with Gasteiger partial charge in [0.25, 0.3) is 0 Å². The molecule has 1 N–H and O–H groups in total. The fourth-order valence-electron chi connectivity index (χ4n) is 3.47. The van der Waals surface area contributed by atoms with Gasteiger partial charge in [-0.05, 0) is 39.0 Å². The molecule has 11 heteroatoms. The topological polar surface area (TPSA) is 105 Å². The highest BCUT2D eigenvalue weighted by Crippen LogP contribution is 2.36. The van der Waals surface area contributed by atoms with Crippen molar-refractivity contribution < 1.29 is 31.9 Å². The first-order valence-corrected chi connectivity index (χ1v) is 12.5. The second kappa shape index (κ2) is 10.7. The summed E-state index contributed by atoms with van der Waals surface area (Å²) < 4.78 is 51.8. The molecular formula is C23H28FN3O6S. The number of hydrogen-bond donors (Lipinski definition) is 1. The molecular weight excluding hydrogens is 465 g/mol. The number of ether oxygens (including phenoxy) is 2. The predicted octanol–water partition coefficient (Wildman–Crippen LogP) is 2.26. The van der Waals surface area contributed by atoms with Gasteiger partial charge >= 0.3 is 0 Å². The Morgan fingerprint density at radius 1 is 1.12 bits per heavy atom. The van der Waals surface area contributed by atoms with E-state index in [-0.39, 0.29) is 30.3 Å². The molecule has 0 saturated heterocycles. The maximum Gasteiger partial charge on any atom is 0.244 e. The van der Waals surface area contributed by atoms with Crippen molar-refractivity contribution in [2.75, 3.05) is 29.9 Å². The average molecular weight is 494 g/mol. The summed E-state index contributed by atoms with van der Waals surface area (Å²) in [7, 11) is -3.88. The van der Waals surface area contributed by atoms with Crippen LogP contribution in [0.25, 0.3) is 0 Å². The Hall–Kier alpha value is -3.34. The summed E-state index contributed by atoms with van der Waals surface area (Å²) in [5, 5.41) is 2.65. The number of carbonyl (C=O) groups excluding carboxylic acids is 2. The zero-order valence-corrected chi connectivity index (χ0v) is 20.1. The summed E-state index contributed by atoms with van der Waals surface area (Å²) >= 11 is 0. The molecule has 9 nitrogen and oxygen atoms in total. The lowest BCUT2D eigenvalue weighted by molar-refractivity contribution is -0.139. The third kappa shape index (κ3) is 5.58. The number of amides is 2. The highest BCUT2D eigenvalue weighted by molar-refractivity contribution is 7.92. The second-order valence-corrected chi connectivity index (χ2v) is 9.81. The lowest BCUT2D eigenvalue weighted by Crippen LogP contribution is -2.51. The van der Waals surface area contributed by atoms with Crippen LogP contribution in [-0.4, -0.2) is 56.8 Å². The molecule has 3 rings (SSSR count). The van der Waals surface area contributed by atoms with Gasteiger partial charge in [0.05, 0.1) is 11.4 Å². The van der Waals surface area contributed by atoms with E-state index in [0.717, 1.165) is 4.31 Å². The smallest absolute Gasteiger partial charge is 0.244 e. The summed E-state index contributed by atoms with van der Waals surface area (Å²) in [6, 6.07) is 9.52.